The highest BCUT2D eigenvalue weighted by atomic mass is 19.1. The summed E-state index contributed by atoms with van der Waals surface area (Å²) in [6, 6.07) is 6.83. The molecule has 0 unspecified atom stereocenters. The van der Waals surface area contributed by atoms with Crippen LogP contribution >= 0.6 is 0 Å². The number of carboxylic acids is 1. The first-order chi connectivity index (χ1) is 8.65. The van der Waals surface area contributed by atoms with E-state index in [0.717, 1.165) is 31.2 Å². The number of carboxylic acid groups (broad SMARTS) is 1. The molecule has 2 N–H and O–H groups in total. The standard InChI is InChI=1S/C14H18FNO2/c15-12-5-1-10(2-6-12)9-16-13-7-3-11(4-8-13)14(17)18/h1-2,5-6,11,13,16H,3-4,7-9H2,(H,17,18). The third kappa shape index (κ3) is 3.53. The number of hydrogen-bond acceptors (Lipinski definition) is 2. The molecule has 0 atom stereocenters. The molecule has 4 heteroatoms. The van der Waals surface area contributed by atoms with E-state index in [2.05, 4.69) is 5.32 Å². The Morgan fingerprint density at radius 1 is 1.22 bits per heavy atom. The van der Waals surface area contributed by atoms with Gasteiger partial charge in [0.2, 0.25) is 0 Å². The number of hydrogen-bond donors (Lipinski definition) is 2. The molecular weight excluding hydrogens is 233 g/mol. The van der Waals surface area contributed by atoms with E-state index in [0.29, 0.717) is 12.6 Å². The largest absolute Gasteiger partial charge is 0.481 e. The minimum atomic E-state index is -0.674. The highest BCUT2D eigenvalue weighted by Crippen LogP contribution is 2.24. The van der Waals surface area contributed by atoms with Crippen LogP contribution in [-0.2, 0) is 11.3 Å². The summed E-state index contributed by atoms with van der Waals surface area (Å²) in [5.41, 5.74) is 1.05. The lowest BCUT2D eigenvalue weighted by atomic mass is 9.86. The fourth-order valence-electron chi connectivity index (χ4n) is 2.41. The Labute approximate surface area is 106 Å². The van der Waals surface area contributed by atoms with Crippen LogP contribution < -0.4 is 5.32 Å². The van der Waals surface area contributed by atoms with Crippen molar-refractivity contribution >= 4 is 5.97 Å². The highest BCUT2D eigenvalue weighted by Gasteiger charge is 2.25. The fourth-order valence-corrected chi connectivity index (χ4v) is 2.41. The molecule has 18 heavy (non-hydrogen) atoms. The highest BCUT2D eigenvalue weighted by molar-refractivity contribution is 5.70. The minimum Gasteiger partial charge on any atom is -0.481 e. The number of benzene rings is 1. The Hall–Kier alpha value is -1.42. The zero-order valence-corrected chi connectivity index (χ0v) is 10.2. The Morgan fingerprint density at radius 2 is 1.83 bits per heavy atom. The number of rotatable bonds is 4. The molecule has 2 rings (SSSR count). The van der Waals surface area contributed by atoms with E-state index in [1.807, 2.05) is 0 Å². The zero-order chi connectivity index (χ0) is 13.0. The van der Waals surface area contributed by atoms with Crippen LogP contribution in [0.4, 0.5) is 4.39 Å². The molecule has 0 amide bonds. The van der Waals surface area contributed by atoms with Gasteiger partial charge in [-0.2, -0.15) is 0 Å². The maximum atomic E-state index is 12.7. The van der Waals surface area contributed by atoms with E-state index in [9.17, 15) is 9.18 Å². The van der Waals surface area contributed by atoms with E-state index in [1.165, 1.54) is 12.1 Å². The quantitative estimate of drug-likeness (QED) is 0.864. The van der Waals surface area contributed by atoms with Gasteiger partial charge in [-0.15, -0.1) is 0 Å². The van der Waals surface area contributed by atoms with Gasteiger partial charge >= 0.3 is 5.97 Å². The van der Waals surface area contributed by atoms with Crippen LogP contribution in [0.3, 0.4) is 0 Å². The molecule has 0 spiro atoms. The van der Waals surface area contributed by atoms with E-state index in [4.69, 9.17) is 5.11 Å². The van der Waals surface area contributed by atoms with Crippen LogP contribution in [0.2, 0.25) is 0 Å². The first kappa shape index (κ1) is 13.0. The molecule has 3 nitrogen and oxygen atoms in total. The van der Waals surface area contributed by atoms with Crippen LogP contribution in [0.15, 0.2) is 24.3 Å². The second-order valence-electron chi connectivity index (χ2n) is 4.89. The van der Waals surface area contributed by atoms with Gasteiger partial charge in [-0.3, -0.25) is 4.79 Å². The molecule has 0 aromatic heterocycles. The smallest absolute Gasteiger partial charge is 0.306 e. The van der Waals surface area contributed by atoms with Gasteiger partial charge in [0.1, 0.15) is 5.82 Å². The summed E-state index contributed by atoms with van der Waals surface area (Å²) in [5.74, 6) is -1.07. The van der Waals surface area contributed by atoms with Crippen molar-refractivity contribution in [3.05, 3.63) is 35.6 Å². The van der Waals surface area contributed by atoms with Crippen molar-refractivity contribution in [2.45, 2.75) is 38.3 Å². The monoisotopic (exact) mass is 251 g/mol. The first-order valence-corrected chi connectivity index (χ1v) is 6.36. The predicted molar refractivity (Wildman–Crippen MR) is 66.6 cm³/mol. The average Bonchev–Trinajstić information content (AvgIpc) is 2.38. The summed E-state index contributed by atoms with van der Waals surface area (Å²) in [6.07, 6.45) is 3.29. The summed E-state index contributed by atoms with van der Waals surface area (Å²) < 4.78 is 12.7. The van der Waals surface area contributed by atoms with E-state index in [1.54, 1.807) is 12.1 Å². The average molecular weight is 251 g/mol. The van der Waals surface area contributed by atoms with Crippen LogP contribution in [0.25, 0.3) is 0 Å². The van der Waals surface area contributed by atoms with Crippen molar-refractivity contribution in [2.75, 3.05) is 0 Å². The molecule has 0 radical (unpaired) electrons. The second-order valence-corrected chi connectivity index (χ2v) is 4.89. The molecule has 0 aliphatic heterocycles. The molecule has 1 saturated carbocycles. The first-order valence-electron chi connectivity index (χ1n) is 6.36. The van der Waals surface area contributed by atoms with E-state index < -0.39 is 5.97 Å². The maximum absolute atomic E-state index is 12.7. The Balaban J connectivity index is 1.75. The number of nitrogens with one attached hydrogen (secondary N) is 1. The molecule has 1 aliphatic rings. The van der Waals surface area contributed by atoms with Gasteiger partial charge in [-0.1, -0.05) is 12.1 Å². The lowest BCUT2D eigenvalue weighted by molar-refractivity contribution is -0.142. The molecule has 0 bridgehead atoms. The molecule has 1 fully saturated rings. The van der Waals surface area contributed by atoms with Crippen LogP contribution in [0.1, 0.15) is 31.2 Å². The molecule has 98 valence electrons. The summed E-state index contributed by atoms with van der Waals surface area (Å²) in [6.45, 7) is 0.711. The van der Waals surface area contributed by atoms with Gasteiger partial charge < -0.3 is 10.4 Å². The molecule has 0 heterocycles. The summed E-state index contributed by atoms with van der Waals surface area (Å²) in [5, 5.41) is 12.3. The van der Waals surface area contributed by atoms with E-state index >= 15 is 0 Å². The minimum absolute atomic E-state index is 0.172. The van der Waals surface area contributed by atoms with Gasteiger partial charge in [-0.05, 0) is 43.4 Å². The van der Waals surface area contributed by atoms with Gasteiger partial charge in [0.15, 0.2) is 0 Å². The SMILES string of the molecule is O=C(O)C1CCC(NCc2ccc(F)cc2)CC1. The Morgan fingerprint density at radius 3 is 2.39 bits per heavy atom. The summed E-state index contributed by atoms with van der Waals surface area (Å²) in [4.78, 5) is 10.8. The van der Waals surface area contributed by atoms with E-state index in [-0.39, 0.29) is 11.7 Å². The van der Waals surface area contributed by atoms with Gasteiger partial charge in [-0.25, -0.2) is 4.39 Å². The molecular formula is C14H18FNO2. The summed E-state index contributed by atoms with van der Waals surface area (Å²) >= 11 is 0. The number of aliphatic carboxylic acids is 1. The maximum Gasteiger partial charge on any atom is 0.306 e. The van der Waals surface area contributed by atoms with Crippen LogP contribution in [0, 0.1) is 11.7 Å². The second kappa shape index (κ2) is 5.96. The van der Waals surface area contributed by atoms with Crippen LogP contribution in [-0.4, -0.2) is 17.1 Å². The Bertz CT molecular complexity index is 397. The fraction of sp³-hybridized carbons (Fsp3) is 0.500. The number of halogens is 1. The topological polar surface area (TPSA) is 49.3 Å². The number of carbonyl (C=O) groups is 1. The normalized spacial score (nSPS) is 23.8. The molecule has 1 aromatic rings. The van der Waals surface area contributed by atoms with Crippen molar-refractivity contribution in [1.29, 1.82) is 0 Å². The third-order valence-corrected chi connectivity index (χ3v) is 3.58. The van der Waals surface area contributed by atoms with Crippen molar-refractivity contribution in [3.8, 4) is 0 Å². The lowest BCUT2D eigenvalue weighted by Crippen LogP contribution is -2.34. The van der Waals surface area contributed by atoms with Gasteiger partial charge in [0, 0.05) is 12.6 Å². The molecule has 0 saturated heterocycles. The molecule has 1 aromatic carbocycles. The van der Waals surface area contributed by atoms with Crippen molar-refractivity contribution in [3.63, 3.8) is 0 Å². The van der Waals surface area contributed by atoms with Crippen molar-refractivity contribution in [2.24, 2.45) is 5.92 Å². The van der Waals surface area contributed by atoms with Crippen molar-refractivity contribution in [1.82, 2.24) is 5.32 Å². The summed E-state index contributed by atoms with van der Waals surface area (Å²) in [7, 11) is 0. The van der Waals surface area contributed by atoms with Crippen molar-refractivity contribution < 1.29 is 14.3 Å². The molecule has 1 aliphatic carbocycles. The lowest BCUT2D eigenvalue weighted by Gasteiger charge is -2.27. The zero-order valence-electron chi connectivity index (χ0n) is 10.2. The predicted octanol–water partition coefficient (Wildman–Crippen LogP) is 2.56. The van der Waals surface area contributed by atoms with Crippen LogP contribution in [0.5, 0.6) is 0 Å². The Kier molecular flexibility index (Phi) is 4.31. The van der Waals surface area contributed by atoms with Gasteiger partial charge in [0.25, 0.3) is 0 Å². The van der Waals surface area contributed by atoms with Gasteiger partial charge in [0.05, 0.1) is 5.92 Å². The third-order valence-electron chi connectivity index (χ3n) is 3.58.